The third-order valence-corrected chi connectivity index (χ3v) is 6.77. The number of fused-ring (bicyclic) bond motifs is 4. The molecule has 8 heteroatoms. The minimum absolute atomic E-state index is 0.0862. The number of nitrogens with zero attached hydrogens (tertiary/aromatic N) is 3. The Hall–Kier alpha value is -3.55. The Morgan fingerprint density at radius 1 is 1.26 bits per heavy atom. The van der Waals surface area contributed by atoms with E-state index < -0.39 is 5.60 Å². The van der Waals surface area contributed by atoms with E-state index in [2.05, 4.69) is 23.0 Å². The van der Waals surface area contributed by atoms with E-state index in [1.807, 2.05) is 52.1 Å². The SMILES string of the molecule is CN(C(=O)OC(C)(C)C)C1CCc2c(c3ccc(Nc4ccc5c(c4)OCC(=O)C5)nc3n2C)C1. The molecule has 1 aliphatic carbocycles. The van der Waals surface area contributed by atoms with Crippen LogP contribution < -0.4 is 10.1 Å². The lowest BCUT2D eigenvalue weighted by Crippen LogP contribution is -2.43. The highest BCUT2D eigenvalue weighted by atomic mass is 16.6. The standard InChI is InChI=1S/C27H32N4O4/c1-27(2,3)35-26(33)30(4)18-8-10-22-21(14-18)20-9-11-24(29-25(20)31(22)5)28-17-7-6-16-12-19(32)15-34-23(16)13-17/h6-7,9,11,13,18H,8,10,12,14-15H2,1-5H3,(H,28,29). The van der Waals surface area contributed by atoms with Crippen LogP contribution in [0.25, 0.3) is 11.0 Å². The fraction of sp³-hybridized carbons (Fsp3) is 0.444. The third-order valence-electron chi connectivity index (χ3n) is 6.77. The molecule has 3 heterocycles. The molecule has 0 bridgehead atoms. The molecular weight excluding hydrogens is 444 g/mol. The summed E-state index contributed by atoms with van der Waals surface area (Å²) >= 11 is 0. The highest BCUT2D eigenvalue weighted by Gasteiger charge is 2.31. The normalized spacial score (nSPS) is 17.4. The van der Waals surface area contributed by atoms with Gasteiger partial charge in [-0.3, -0.25) is 4.79 Å². The molecule has 1 amide bonds. The van der Waals surface area contributed by atoms with E-state index in [9.17, 15) is 9.59 Å². The van der Waals surface area contributed by atoms with Crippen molar-refractivity contribution in [2.45, 2.75) is 58.1 Å². The number of amides is 1. The smallest absolute Gasteiger partial charge is 0.410 e. The molecule has 2 aliphatic rings. The van der Waals surface area contributed by atoms with Crippen LogP contribution in [-0.4, -0.2) is 51.6 Å². The number of aromatic nitrogens is 2. The molecule has 0 fully saturated rings. The summed E-state index contributed by atoms with van der Waals surface area (Å²) in [6.07, 6.45) is 2.67. The highest BCUT2D eigenvalue weighted by Crippen LogP contribution is 2.34. The zero-order chi connectivity index (χ0) is 24.9. The van der Waals surface area contributed by atoms with Crippen LogP contribution in [0.1, 0.15) is 44.0 Å². The molecular formula is C27H32N4O4. The van der Waals surface area contributed by atoms with Gasteiger partial charge < -0.3 is 24.3 Å². The van der Waals surface area contributed by atoms with Crippen molar-refractivity contribution in [3.05, 3.63) is 47.2 Å². The first-order valence-electron chi connectivity index (χ1n) is 12.1. The van der Waals surface area contributed by atoms with Crippen molar-refractivity contribution in [2.24, 2.45) is 7.05 Å². The van der Waals surface area contributed by atoms with Gasteiger partial charge in [0.05, 0.1) is 0 Å². The second kappa shape index (κ2) is 8.59. The van der Waals surface area contributed by atoms with Crippen molar-refractivity contribution in [1.82, 2.24) is 14.5 Å². The molecule has 5 rings (SSSR count). The van der Waals surface area contributed by atoms with E-state index in [0.717, 1.165) is 53.1 Å². The van der Waals surface area contributed by atoms with E-state index in [1.165, 1.54) is 11.3 Å². The van der Waals surface area contributed by atoms with Crippen LogP contribution in [0.5, 0.6) is 5.75 Å². The molecule has 0 saturated carbocycles. The van der Waals surface area contributed by atoms with E-state index >= 15 is 0 Å². The molecule has 1 unspecified atom stereocenters. The number of pyridine rings is 1. The first-order chi connectivity index (χ1) is 16.6. The van der Waals surface area contributed by atoms with Crippen LogP contribution in [0.2, 0.25) is 0 Å². The van der Waals surface area contributed by atoms with Crippen molar-refractivity contribution in [2.75, 3.05) is 19.0 Å². The van der Waals surface area contributed by atoms with Crippen molar-refractivity contribution in [1.29, 1.82) is 0 Å². The molecule has 1 N–H and O–H groups in total. The number of ketones is 1. The summed E-state index contributed by atoms with van der Waals surface area (Å²) in [5.41, 5.74) is 4.70. The minimum Gasteiger partial charge on any atom is -0.485 e. The van der Waals surface area contributed by atoms with Gasteiger partial charge in [0.15, 0.2) is 5.78 Å². The topological polar surface area (TPSA) is 85.7 Å². The first-order valence-corrected chi connectivity index (χ1v) is 12.1. The predicted molar refractivity (Wildman–Crippen MR) is 134 cm³/mol. The van der Waals surface area contributed by atoms with Gasteiger partial charge in [0.25, 0.3) is 0 Å². The van der Waals surface area contributed by atoms with Gasteiger partial charge in [0.1, 0.15) is 29.4 Å². The van der Waals surface area contributed by atoms with Gasteiger partial charge in [-0.15, -0.1) is 0 Å². The van der Waals surface area contributed by atoms with Crippen molar-refractivity contribution in [3.63, 3.8) is 0 Å². The number of aryl methyl sites for hydroxylation is 1. The number of rotatable bonds is 3. The van der Waals surface area contributed by atoms with Crippen molar-refractivity contribution < 1.29 is 19.1 Å². The van der Waals surface area contributed by atoms with Gasteiger partial charge in [0, 0.05) is 55.0 Å². The Labute approximate surface area is 205 Å². The number of nitrogens with one attached hydrogen (secondary N) is 1. The molecule has 0 spiro atoms. The lowest BCUT2D eigenvalue weighted by Gasteiger charge is -2.33. The molecule has 184 valence electrons. The molecule has 0 radical (unpaired) electrons. The second-order valence-corrected chi connectivity index (χ2v) is 10.5. The van der Waals surface area contributed by atoms with Gasteiger partial charge in [-0.05, 0) is 63.8 Å². The fourth-order valence-electron chi connectivity index (χ4n) is 4.98. The van der Waals surface area contributed by atoms with Crippen LogP contribution in [-0.2, 0) is 35.8 Å². The fourth-order valence-corrected chi connectivity index (χ4v) is 4.98. The van der Waals surface area contributed by atoms with E-state index in [-0.39, 0.29) is 24.5 Å². The molecule has 0 saturated heterocycles. The summed E-state index contributed by atoms with van der Waals surface area (Å²) < 4.78 is 13.3. The number of benzene rings is 1. The number of carbonyl (C=O) groups excluding carboxylic acids is 2. The first kappa shape index (κ1) is 23.2. The van der Waals surface area contributed by atoms with Gasteiger partial charge in [0.2, 0.25) is 0 Å². The van der Waals surface area contributed by atoms with E-state index in [0.29, 0.717) is 6.42 Å². The molecule has 1 atom stereocenters. The van der Waals surface area contributed by atoms with Crippen molar-refractivity contribution >= 4 is 34.4 Å². The molecule has 2 aromatic heterocycles. The Morgan fingerprint density at radius 3 is 2.83 bits per heavy atom. The maximum atomic E-state index is 12.6. The monoisotopic (exact) mass is 476 g/mol. The van der Waals surface area contributed by atoms with Gasteiger partial charge in [-0.2, -0.15) is 0 Å². The summed E-state index contributed by atoms with van der Waals surface area (Å²) in [6.45, 7) is 5.78. The largest absolute Gasteiger partial charge is 0.485 e. The predicted octanol–water partition coefficient (Wildman–Crippen LogP) is 4.55. The molecule has 35 heavy (non-hydrogen) atoms. The number of hydrogen-bond acceptors (Lipinski definition) is 6. The maximum Gasteiger partial charge on any atom is 0.410 e. The van der Waals surface area contributed by atoms with E-state index in [4.69, 9.17) is 14.5 Å². The average Bonchev–Trinajstić information content (AvgIpc) is 3.08. The Morgan fingerprint density at radius 2 is 2.06 bits per heavy atom. The summed E-state index contributed by atoms with van der Waals surface area (Å²) in [7, 11) is 3.88. The van der Waals surface area contributed by atoms with E-state index in [1.54, 1.807) is 4.90 Å². The Bertz CT molecular complexity index is 1320. The second-order valence-electron chi connectivity index (χ2n) is 10.5. The number of anilines is 2. The third kappa shape index (κ3) is 4.57. The van der Waals surface area contributed by atoms with Gasteiger partial charge in [-0.1, -0.05) is 6.07 Å². The van der Waals surface area contributed by atoms with Crippen LogP contribution in [0.15, 0.2) is 30.3 Å². The zero-order valence-corrected chi connectivity index (χ0v) is 21.0. The lowest BCUT2D eigenvalue weighted by atomic mass is 9.91. The summed E-state index contributed by atoms with van der Waals surface area (Å²) in [4.78, 5) is 30.9. The number of hydrogen-bond donors (Lipinski definition) is 1. The van der Waals surface area contributed by atoms with Crippen LogP contribution in [0.3, 0.4) is 0 Å². The maximum absolute atomic E-state index is 12.6. The van der Waals surface area contributed by atoms with Gasteiger partial charge >= 0.3 is 6.09 Å². The molecule has 1 aliphatic heterocycles. The van der Waals surface area contributed by atoms with Crippen molar-refractivity contribution in [3.8, 4) is 5.75 Å². The lowest BCUT2D eigenvalue weighted by molar-refractivity contribution is -0.121. The zero-order valence-electron chi connectivity index (χ0n) is 21.0. The highest BCUT2D eigenvalue weighted by molar-refractivity contribution is 5.86. The van der Waals surface area contributed by atoms with Crippen LogP contribution in [0.4, 0.5) is 16.3 Å². The number of likely N-dealkylation sites (N-methyl/N-ethyl adjacent to an activating group) is 1. The minimum atomic E-state index is -0.514. The van der Waals surface area contributed by atoms with Crippen LogP contribution >= 0.6 is 0 Å². The summed E-state index contributed by atoms with van der Waals surface area (Å²) in [6, 6.07) is 9.96. The summed E-state index contributed by atoms with van der Waals surface area (Å²) in [5.74, 6) is 1.58. The molecule has 8 nitrogen and oxygen atoms in total. The molecule has 3 aromatic rings. The Balaban J connectivity index is 1.37. The quantitative estimate of drug-likeness (QED) is 0.597. The van der Waals surface area contributed by atoms with Crippen LogP contribution in [0, 0.1) is 0 Å². The average molecular weight is 477 g/mol. The summed E-state index contributed by atoms with van der Waals surface area (Å²) in [5, 5.41) is 4.48. The Kier molecular flexibility index (Phi) is 5.69. The number of Topliss-reactive ketones (excluding diaryl/α,β-unsaturated/α-hetero) is 1. The van der Waals surface area contributed by atoms with Gasteiger partial charge in [-0.25, -0.2) is 9.78 Å². The number of ether oxygens (including phenoxy) is 2. The number of carbonyl (C=O) groups is 2. The molecule has 1 aromatic carbocycles.